The molecule has 0 amide bonds. The van der Waals surface area contributed by atoms with Crippen molar-refractivity contribution < 1.29 is 14.6 Å². The van der Waals surface area contributed by atoms with Gasteiger partial charge >= 0.3 is 5.97 Å². The van der Waals surface area contributed by atoms with Crippen molar-refractivity contribution in [3.63, 3.8) is 0 Å². The molecule has 0 bridgehead atoms. The number of hydrogen-bond acceptors (Lipinski definition) is 3. The van der Waals surface area contributed by atoms with Crippen LogP contribution in [0, 0.1) is 6.92 Å². The number of rotatable bonds is 5. The lowest BCUT2D eigenvalue weighted by Crippen LogP contribution is -2.49. The minimum atomic E-state index is -1.07. The number of carboxylic acids is 1. The second-order valence-corrected chi connectivity index (χ2v) is 5.31. The Morgan fingerprint density at radius 1 is 1.47 bits per heavy atom. The van der Waals surface area contributed by atoms with Crippen molar-refractivity contribution in [1.82, 2.24) is 5.32 Å². The summed E-state index contributed by atoms with van der Waals surface area (Å²) in [6.45, 7) is 5.04. The van der Waals surface area contributed by atoms with Crippen LogP contribution < -0.4 is 5.32 Å². The Balaban J connectivity index is 2.12. The summed E-state index contributed by atoms with van der Waals surface area (Å²) in [5.74, 6) is -0.866. The minimum Gasteiger partial charge on any atom is -0.480 e. The van der Waals surface area contributed by atoms with E-state index in [2.05, 4.69) is 5.32 Å². The first-order valence-electron chi connectivity index (χ1n) is 6.69. The van der Waals surface area contributed by atoms with E-state index in [-0.39, 0.29) is 6.10 Å². The van der Waals surface area contributed by atoms with E-state index < -0.39 is 11.5 Å². The quantitative estimate of drug-likeness (QED) is 0.853. The fraction of sp³-hybridized carbons (Fsp3) is 0.533. The van der Waals surface area contributed by atoms with Gasteiger partial charge in [-0.05, 0) is 32.3 Å². The number of nitrogens with one attached hydrogen (secondary N) is 1. The molecule has 1 aliphatic rings. The molecule has 104 valence electrons. The van der Waals surface area contributed by atoms with Gasteiger partial charge in [0.1, 0.15) is 5.54 Å². The standard InChI is InChI=1S/C15H21NO3/c1-11-5-7-12(8-6-11)15(2,14(17)18)16-10-13-4-3-9-19-13/h5-8,13,16H,3-4,9-10H2,1-2H3,(H,17,18). The molecule has 0 aromatic heterocycles. The predicted octanol–water partition coefficient (Wildman–Crippen LogP) is 2.06. The van der Waals surface area contributed by atoms with Crippen molar-refractivity contribution in [2.75, 3.05) is 13.2 Å². The number of carbonyl (C=O) groups is 1. The van der Waals surface area contributed by atoms with Gasteiger partial charge in [0.25, 0.3) is 0 Å². The monoisotopic (exact) mass is 263 g/mol. The summed E-state index contributed by atoms with van der Waals surface area (Å²) >= 11 is 0. The van der Waals surface area contributed by atoms with Crippen molar-refractivity contribution in [2.45, 2.75) is 38.3 Å². The van der Waals surface area contributed by atoms with Crippen molar-refractivity contribution in [3.05, 3.63) is 35.4 Å². The lowest BCUT2D eigenvalue weighted by Gasteiger charge is -2.28. The van der Waals surface area contributed by atoms with Gasteiger partial charge in [0.2, 0.25) is 0 Å². The molecule has 0 saturated carbocycles. The zero-order valence-electron chi connectivity index (χ0n) is 11.5. The Morgan fingerprint density at radius 2 is 2.16 bits per heavy atom. The molecule has 19 heavy (non-hydrogen) atoms. The molecule has 2 unspecified atom stereocenters. The Labute approximate surface area is 113 Å². The number of carboxylic acid groups (broad SMARTS) is 1. The molecule has 1 heterocycles. The van der Waals surface area contributed by atoms with Crippen LogP contribution in [0.1, 0.15) is 30.9 Å². The van der Waals surface area contributed by atoms with Crippen molar-refractivity contribution in [2.24, 2.45) is 0 Å². The van der Waals surface area contributed by atoms with Crippen molar-refractivity contribution >= 4 is 5.97 Å². The van der Waals surface area contributed by atoms with Gasteiger partial charge in [0.15, 0.2) is 0 Å². The normalized spacial score (nSPS) is 22.1. The van der Waals surface area contributed by atoms with Crippen LogP contribution in [-0.4, -0.2) is 30.3 Å². The van der Waals surface area contributed by atoms with Crippen LogP contribution >= 0.6 is 0 Å². The van der Waals surface area contributed by atoms with Crippen molar-refractivity contribution in [3.8, 4) is 0 Å². The lowest BCUT2D eigenvalue weighted by molar-refractivity contribution is -0.144. The fourth-order valence-corrected chi connectivity index (χ4v) is 2.31. The first-order chi connectivity index (χ1) is 9.02. The highest BCUT2D eigenvalue weighted by Crippen LogP contribution is 2.22. The second kappa shape index (κ2) is 5.72. The van der Waals surface area contributed by atoms with Crippen molar-refractivity contribution in [1.29, 1.82) is 0 Å². The summed E-state index contributed by atoms with van der Waals surface area (Å²) < 4.78 is 5.53. The van der Waals surface area contributed by atoms with E-state index in [1.165, 1.54) is 0 Å². The van der Waals surface area contributed by atoms with Gasteiger partial charge in [-0.2, -0.15) is 0 Å². The first-order valence-corrected chi connectivity index (χ1v) is 6.69. The molecule has 0 spiro atoms. The predicted molar refractivity (Wildman–Crippen MR) is 73.1 cm³/mol. The van der Waals surface area contributed by atoms with Gasteiger partial charge < -0.3 is 9.84 Å². The van der Waals surface area contributed by atoms with Crippen LogP contribution in [0.4, 0.5) is 0 Å². The van der Waals surface area contributed by atoms with Gasteiger partial charge in [-0.1, -0.05) is 29.8 Å². The molecule has 2 rings (SSSR count). The van der Waals surface area contributed by atoms with E-state index in [0.717, 1.165) is 30.6 Å². The molecule has 2 N–H and O–H groups in total. The number of ether oxygens (including phenoxy) is 1. The largest absolute Gasteiger partial charge is 0.480 e. The van der Waals surface area contributed by atoms with E-state index in [4.69, 9.17) is 4.74 Å². The third-order valence-corrected chi connectivity index (χ3v) is 3.76. The first kappa shape index (κ1) is 14.0. The zero-order chi connectivity index (χ0) is 13.9. The fourth-order valence-electron chi connectivity index (χ4n) is 2.31. The Kier molecular flexibility index (Phi) is 4.22. The summed E-state index contributed by atoms with van der Waals surface area (Å²) in [5.41, 5.74) is 0.818. The Morgan fingerprint density at radius 3 is 2.68 bits per heavy atom. The summed E-state index contributed by atoms with van der Waals surface area (Å²) in [6.07, 6.45) is 2.18. The summed E-state index contributed by atoms with van der Waals surface area (Å²) in [7, 11) is 0. The molecular weight excluding hydrogens is 242 g/mol. The van der Waals surface area contributed by atoms with Crippen LogP contribution in [0.25, 0.3) is 0 Å². The van der Waals surface area contributed by atoms with Gasteiger partial charge in [-0.3, -0.25) is 5.32 Å². The maximum Gasteiger partial charge on any atom is 0.328 e. The molecule has 1 aromatic rings. The highest BCUT2D eigenvalue weighted by atomic mass is 16.5. The van der Waals surface area contributed by atoms with E-state index in [1.54, 1.807) is 6.92 Å². The molecule has 1 aromatic carbocycles. The number of aliphatic carboxylic acids is 1. The van der Waals surface area contributed by atoms with Crippen LogP contribution in [0.2, 0.25) is 0 Å². The maximum absolute atomic E-state index is 11.6. The Hall–Kier alpha value is -1.39. The molecule has 1 aliphatic heterocycles. The van der Waals surface area contributed by atoms with Gasteiger partial charge in [-0.15, -0.1) is 0 Å². The maximum atomic E-state index is 11.6. The lowest BCUT2D eigenvalue weighted by atomic mass is 9.91. The van der Waals surface area contributed by atoms with E-state index in [1.807, 2.05) is 31.2 Å². The summed E-state index contributed by atoms with van der Waals surface area (Å²) in [4.78, 5) is 11.6. The second-order valence-electron chi connectivity index (χ2n) is 5.31. The van der Waals surface area contributed by atoms with Gasteiger partial charge in [0, 0.05) is 13.2 Å². The highest BCUT2D eigenvalue weighted by molar-refractivity contribution is 5.80. The van der Waals surface area contributed by atoms with E-state index >= 15 is 0 Å². The average molecular weight is 263 g/mol. The summed E-state index contributed by atoms with van der Waals surface area (Å²) in [6, 6.07) is 7.60. The SMILES string of the molecule is Cc1ccc(C(C)(NCC2CCCO2)C(=O)O)cc1. The minimum absolute atomic E-state index is 0.129. The number of benzene rings is 1. The third-order valence-electron chi connectivity index (χ3n) is 3.76. The number of aryl methyl sites for hydroxylation is 1. The molecule has 4 heteroatoms. The van der Waals surface area contributed by atoms with E-state index in [9.17, 15) is 9.90 Å². The van der Waals surface area contributed by atoms with Crippen LogP contribution in [0.5, 0.6) is 0 Å². The molecule has 1 saturated heterocycles. The summed E-state index contributed by atoms with van der Waals surface area (Å²) in [5, 5.41) is 12.7. The van der Waals surface area contributed by atoms with Gasteiger partial charge in [-0.25, -0.2) is 4.79 Å². The smallest absolute Gasteiger partial charge is 0.328 e. The topological polar surface area (TPSA) is 58.6 Å². The Bertz CT molecular complexity index is 437. The average Bonchev–Trinajstić information content (AvgIpc) is 2.89. The van der Waals surface area contributed by atoms with Crippen LogP contribution in [0.15, 0.2) is 24.3 Å². The van der Waals surface area contributed by atoms with Gasteiger partial charge in [0.05, 0.1) is 6.10 Å². The van der Waals surface area contributed by atoms with Crippen LogP contribution in [0.3, 0.4) is 0 Å². The highest BCUT2D eigenvalue weighted by Gasteiger charge is 2.35. The molecule has 0 radical (unpaired) electrons. The molecule has 1 fully saturated rings. The molecule has 2 atom stereocenters. The molecule has 0 aliphatic carbocycles. The zero-order valence-corrected chi connectivity index (χ0v) is 11.5. The number of hydrogen-bond donors (Lipinski definition) is 2. The van der Waals surface area contributed by atoms with Crippen LogP contribution in [-0.2, 0) is 15.1 Å². The molecule has 4 nitrogen and oxygen atoms in total. The van der Waals surface area contributed by atoms with E-state index in [0.29, 0.717) is 6.54 Å². The third kappa shape index (κ3) is 3.14. The molecular formula is C15H21NO3.